The Morgan fingerprint density at radius 1 is 1.25 bits per heavy atom. The minimum atomic E-state index is -1.87. The molecule has 0 saturated heterocycles. The van der Waals surface area contributed by atoms with E-state index in [0.717, 1.165) is 5.56 Å². The fourth-order valence-electron chi connectivity index (χ4n) is 2.91. The molecule has 0 heterocycles. The topological polar surface area (TPSA) is 35.5 Å². The van der Waals surface area contributed by atoms with Gasteiger partial charge in [0.2, 0.25) is 0 Å². The number of carbonyl (C=O) groups is 1. The maximum absolute atomic E-state index is 13.1. The molecule has 0 aromatic heterocycles. The van der Waals surface area contributed by atoms with Crippen molar-refractivity contribution in [2.24, 2.45) is 11.8 Å². The van der Waals surface area contributed by atoms with Crippen molar-refractivity contribution in [1.82, 2.24) is 0 Å². The van der Waals surface area contributed by atoms with E-state index in [1.54, 1.807) is 12.1 Å². The molecule has 0 N–H and O–H groups in total. The summed E-state index contributed by atoms with van der Waals surface area (Å²) in [6, 6.07) is 6.22. The number of rotatable bonds is 4. The highest BCUT2D eigenvalue weighted by Crippen LogP contribution is 2.62. The van der Waals surface area contributed by atoms with Crippen LogP contribution < -0.4 is 0 Å². The molecule has 0 amide bonds. The van der Waals surface area contributed by atoms with Crippen LogP contribution in [0.5, 0.6) is 0 Å². The quantitative estimate of drug-likeness (QED) is 0.631. The van der Waals surface area contributed by atoms with Gasteiger partial charge in [0, 0.05) is 5.92 Å². The molecule has 110 valence electrons. The second-order valence-corrected chi connectivity index (χ2v) is 10.7. The van der Waals surface area contributed by atoms with Gasteiger partial charge in [0.15, 0.2) is 8.32 Å². The third-order valence-corrected chi connectivity index (χ3v) is 4.71. The lowest BCUT2D eigenvalue weighted by Crippen LogP contribution is -2.35. The van der Waals surface area contributed by atoms with Crippen LogP contribution in [0, 0.1) is 17.7 Å². The first-order chi connectivity index (χ1) is 9.22. The second-order valence-electron chi connectivity index (χ2n) is 6.30. The first-order valence-electron chi connectivity index (χ1n) is 6.76. The van der Waals surface area contributed by atoms with Crippen molar-refractivity contribution >= 4 is 14.3 Å². The Kier molecular flexibility index (Phi) is 3.77. The summed E-state index contributed by atoms with van der Waals surface area (Å²) in [6.45, 7) is 8.22. The van der Waals surface area contributed by atoms with Gasteiger partial charge in [-0.3, -0.25) is 4.79 Å². The monoisotopic (exact) mass is 296 g/mol. The molecule has 0 spiro atoms. The Morgan fingerprint density at radius 3 is 2.25 bits per heavy atom. The summed E-state index contributed by atoms with van der Waals surface area (Å²) < 4.78 is 24.3. The Labute approximate surface area is 120 Å². The zero-order valence-electron chi connectivity index (χ0n) is 12.6. The molecule has 1 saturated carbocycles. The summed E-state index contributed by atoms with van der Waals surface area (Å²) in [5, 5.41) is 0. The van der Waals surface area contributed by atoms with E-state index in [1.165, 1.54) is 19.2 Å². The Bertz CT molecular complexity index is 509. The molecule has 5 heteroatoms. The first-order valence-corrected chi connectivity index (χ1v) is 10.2. The van der Waals surface area contributed by atoms with Gasteiger partial charge in [-0.25, -0.2) is 4.39 Å². The van der Waals surface area contributed by atoms with Gasteiger partial charge in [0.05, 0.1) is 18.6 Å². The van der Waals surface area contributed by atoms with Crippen LogP contribution in [0.25, 0.3) is 0 Å². The van der Waals surface area contributed by atoms with Crippen LogP contribution in [0.1, 0.15) is 12.5 Å². The lowest BCUT2D eigenvalue weighted by Gasteiger charge is -2.28. The van der Waals surface area contributed by atoms with E-state index >= 15 is 0 Å². The minimum absolute atomic E-state index is 0.0344. The molecule has 20 heavy (non-hydrogen) atoms. The molecule has 1 aromatic rings. The van der Waals surface area contributed by atoms with E-state index in [-0.39, 0.29) is 23.6 Å². The summed E-state index contributed by atoms with van der Waals surface area (Å²) in [4.78, 5) is 12.0. The highest BCUT2D eigenvalue weighted by Gasteiger charge is 2.69. The van der Waals surface area contributed by atoms with E-state index in [9.17, 15) is 9.18 Å². The minimum Gasteiger partial charge on any atom is -0.469 e. The van der Waals surface area contributed by atoms with Crippen LogP contribution >= 0.6 is 0 Å². The number of benzene rings is 1. The summed E-state index contributed by atoms with van der Waals surface area (Å²) in [5.41, 5.74) is 0.190. The van der Waals surface area contributed by atoms with Crippen molar-refractivity contribution < 1.29 is 18.3 Å². The fourth-order valence-corrected chi connectivity index (χ4v) is 4.36. The molecule has 2 rings (SSSR count). The maximum Gasteiger partial charge on any atom is 0.312 e. The maximum atomic E-state index is 13.1. The molecule has 1 aliphatic carbocycles. The third kappa shape index (κ3) is 2.52. The number of hydrogen-bond donors (Lipinski definition) is 0. The van der Waals surface area contributed by atoms with Crippen molar-refractivity contribution in [3.05, 3.63) is 35.6 Å². The predicted octanol–water partition coefficient (Wildman–Crippen LogP) is 3.31. The molecule has 0 aliphatic heterocycles. The van der Waals surface area contributed by atoms with E-state index < -0.39 is 13.9 Å². The normalized spacial score (nSPS) is 29.1. The first kappa shape index (κ1) is 15.2. The molecular formula is C15H21FO3Si. The summed E-state index contributed by atoms with van der Waals surface area (Å²) in [6.07, 6.45) is 0. The van der Waals surface area contributed by atoms with E-state index in [0.29, 0.717) is 0 Å². The van der Waals surface area contributed by atoms with Crippen LogP contribution in [-0.4, -0.2) is 21.4 Å². The zero-order valence-corrected chi connectivity index (χ0v) is 13.6. The van der Waals surface area contributed by atoms with Crippen LogP contribution in [0.3, 0.4) is 0 Å². The van der Waals surface area contributed by atoms with Gasteiger partial charge in [-0.2, -0.15) is 0 Å². The van der Waals surface area contributed by atoms with E-state index in [2.05, 4.69) is 19.6 Å². The van der Waals surface area contributed by atoms with Crippen LogP contribution in [0.15, 0.2) is 24.3 Å². The lowest BCUT2D eigenvalue weighted by molar-refractivity contribution is -0.144. The van der Waals surface area contributed by atoms with Crippen LogP contribution in [0.4, 0.5) is 4.39 Å². The number of halogens is 1. The smallest absolute Gasteiger partial charge is 0.312 e. The number of methoxy groups -OCH3 is 1. The third-order valence-electron chi connectivity index (χ3n) is 3.75. The van der Waals surface area contributed by atoms with Crippen molar-refractivity contribution in [3.63, 3.8) is 0 Å². The summed E-state index contributed by atoms with van der Waals surface area (Å²) >= 11 is 0. The number of carbonyl (C=O) groups excluding carboxylic acids is 1. The van der Waals surface area contributed by atoms with Crippen molar-refractivity contribution in [2.45, 2.75) is 32.2 Å². The van der Waals surface area contributed by atoms with Crippen molar-refractivity contribution in [2.75, 3.05) is 7.11 Å². The largest absolute Gasteiger partial charge is 0.469 e. The number of esters is 1. The highest BCUT2D eigenvalue weighted by molar-refractivity contribution is 6.69. The van der Waals surface area contributed by atoms with E-state index in [1.807, 2.05) is 6.92 Å². The molecule has 3 atom stereocenters. The predicted molar refractivity (Wildman–Crippen MR) is 77.2 cm³/mol. The molecule has 1 aromatic carbocycles. The number of hydrogen-bond acceptors (Lipinski definition) is 3. The van der Waals surface area contributed by atoms with Gasteiger partial charge in [0.25, 0.3) is 0 Å². The molecule has 1 fully saturated rings. The standard InChI is InChI=1S/C15H21FO3Si/c1-10-13(14(17)18-2)15(10,19-20(3,4)5)11-6-8-12(16)9-7-11/h6-10,13H,1-5H3/t10-,13+,15+/m0/s1. The Hall–Kier alpha value is -1.20. The summed E-state index contributed by atoms with van der Waals surface area (Å²) in [5.74, 6) is -0.836. The number of ether oxygens (including phenoxy) is 1. The van der Waals surface area contributed by atoms with Gasteiger partial charge >= 0.3 is 5.97 Å². The average molecular weight is 296 g/mol. The van der Waals surface area contributed by atoms with Gasteiger partial charge in [-0.15, -0.1) is 0 Å². The van der Waals surface area contributed by atoms with Crippen molar-refractivity contribution in [1.29, 1.82) is 0 Å². The second kappa shape index (κ2) is 4.97. The SMILES string of the molecule is COC(=O)[C@H]1[C@H](C)[C@@]1(O[Si](C)(C)C)c1ccc(F)cc1. The molecular weight excluding hydrogens is 275 g/mol. The molecule has 1 aliphatic rings. The molecule has 0 radical (unpaired) electrons. The zero-order chi connectivity index (χ0) is 15.1. The molecule has 0 bridgehead atoms. The highest BCUT2D eigenvalue weighted by atomic mass is 28.4. The Balaban J connectivity index is 2.41. The van der Waals surface area contributed by atoms with Gasteiger partial charge in [-0.05, 0) is 37.3 Å². The van der Waals surface area contributed by atoms with Crippen molar-refractivity contribution in [3.8, 4) is 0 Å². The lowest BCUT2D eigenvalue weighted by atomic mass is 10.0. The van der Waals surface area contributed by atoms with Gasteiger partial charge < -0.3 is 9.16 Å². The van der Waals surface area contributed by atoms with Crippen LogP contribution in [0.2, 0.25) is 19.6 Å². The van der Waals surface area contributed by atoms with Gasteiger partial charge in [-0.1, -0.05) is 19.1 Å². The summed E-state index contributed by atoms with van der Waals surface area (Å²) in [7, 11) is -0.484. The van der Waals surface area contributed by atoms with Gasteiger partial charge in [0.1, 0.15) is 5.82 Å². The average Bonchev–Trinajstić information content (AvgIpc) is 2.92. The van der Waals surface area contributed by atoms with E-state index in [4.69, 9.17) is 9.16 Å². The fraction of sp³-hybridized carbons (Fsp3) is 0.533. The molecule has 0 unspecified atom stereocenters. The van der Waals surface area contributed by atoms with Crippen LogP contribution in [-0.2, 0) is 19.6 Å². The Morgan fingerprint density at radius 2 is 1.80 bits per heavy atom. The molecule has 3 nitrogen and oxygen atoms in total.